The largest absolute Gasteiger partial charge is 0.454 e. The van der Waals surface area contributed by atoms with Crippen LogP contribution in [0.4, 0.5) is 5.69 Å². The molecule has 2 N–H and O–H groups in total. The summed E-state index contributed by atoms with van der Waals surface area (Å²) in [6, 6.07) is 5.44. The standard InChI is InChI=1S/C13H16N2O3.ClH/c1-13(4-5-14-7-13)12(16)15-9-2-3-10-11(6-9)18-8-17-10;/h2-3,6,14H,4-5,7-8H2,1H3,(H,15,16);1H. The number of amides is 1. The topological polar surface area (TPSA) is 59.6 Å². The van der Waals surface area contributed by atoms with Crippen LogP contribution in [0.5, 0.6) is 11.5 Å². The van der Waals surface area contributed by atoms with Crippen molar-refractivity contribution in [3.05, 3.63) is 18.2 Å². The summed E-state index contributed by atoms with van der Waals surface area (Å²) < 4.78 is 10.5. The molecule has 1 amide bonds. The first-order valence-corrected chi connectivity index (χ1v) is 6.09. The summed E-state index contributed by atoms with van der Waals surface area (Å²) in [5, 5.41) is 6.16. The van der Waals surface area contributed by atoms with E-state index >= 15 is 0 Å². The second-order valence-corrected chi connectivity index (χ2v) is 5.01. The predicted molar refractivity (Wildman–Crippen MR) is 74.0 cm³/mol. The van der Waals surface area contributed by atoms with Gasteiger partial charge in [-0.2, -0.15) is 0 Å². The fourth-order valence-electron chi connectivity index (χ4n) is 2.27. The van der Waals surface area contributed by atoms with Crippen molar-refractivity contribution >= 4 is 24.0 Å². The maximum Gasteiger partial charge on any atom is 0.231 e. The average Bonchev–Trinajstić information content (AvgIpc) is 2.98. The second-order valence-electron chi connectivity index (χ2n) is 5.01. The number of carbonyl (C=O) groups is 1. The summed E-state index contributed by atoms with van der Waals surface area (Å²) in [5.41, 5.74) is 0.425. The molecule has 0 aromatic heterocycles. The molecule has 104 valence electrons. The van der Waals surface area contributed by atoms with Gasteiger partial charge in [-0.15, -0.1) is 12.4 Å². The lowest BCUT2D eigenvalue weighted by molar-refractivity contribution is -0.123. The van der Waals surface area contributed by atoms with Crippen LogP contribution in [0, 0.1) is 5.41 Å². The van der Waals surface area contributed by atoms with Gasteiger partial charge in [0, 0.05) is 18.3 Å². The van der Waals surface area contributed by atoms with E-state index in [0.717, 1.165) is 30.9 Å². The molecule has 6 heteroatoms. The van der Waals surface area contributed by atoms with Crippen LogP contribution in [-0.4, -0.2) is 25.8 Å². The second kappa shape index (κ2) is 5.27. The van der Waals surface area contributed by atoms with E-state index in [-0.39, 0.29) is 30.5 Å². The Balaban J connectivity index is 0.00000133. The van der Waals surface area contributed by atoms with Crippen molar-refractivity contribution in [2.45, 2.75) is 13.3 Å². The van der Waals surface area contributed by atoms with Crippen LogP contribution in [-0.2, 0) is 4.79 Å². The number of halogens is 1. The van der Waals surface area contributed by atoms with Gasteiger partial charge >= 0.3 is 0 Å². The van der Waals surface area contributed by atoms with Crippen molar-refractivity contribution in [1.29, 1.82) is 0 Å². The van der Waals surface area contributed by atoms with Crippen LogP contribution in [0.25, 0.3) is 0 Å². The molecule has 0 aliphatic carbocycles. The van der Waals surface area contributed by atoms with Crippen molar-refractivity contribution in [2.24, 2.45) is 5.41 Å². The molecule has 1 unspecified atom stereocenters. The Kier molecular flexibility index (Phi) is 3.87. The Hall–Kier alpha value is -1.46. The van der Waals surface area contributed by atoms with Crippen molar-refractivity contribution < 1.29 is 14.3 Å². The van der Waals surface area contributed by atoms with E-state index in [1.807, 2.05) is 19.1 Å². The minimum Gasteiger partial charge on any atom is -0.454 e. The Labute approximate surface area is 118 Å². The molecule has 0 radical (unpaired) electrons. The van der Waals surface area contributed by atoms with Crippen molar-refractivity contribution in [2.75, 3.05) is 25.2 Å². The van der Waals surface area contributed by atoms with E-state index in [1.165, 1.54) is 0 Å². The summed E-state index contributed by atoms with van der Waals surface area (Å²) in [7, 11) is 0. The quantitative estimate of drug-likeness (QED) is 0.869. The predicted octanol–water partition coefficient (Wildman–Crippen LogP) is 1.78. The Bertz CT molecular complexity index is 487. The van der Waals surface area contributed by atoms with Gasteiger partial charge in [-0.05, 0) is 32.0 Å². The number of benzene rings is 1. The fraction of sp³-hybridized carbons (Fsp3) is 0.462. The Morgan fingerprint density at radius 3 is 2.89 bits per heavy atom. The zero-order chi connectivity index (χ0) is 12.6. The lowest BCUT2D eigenvalue weighted by Gasteiger charge is -2.21. The molecule has 1 aromatic rings. The van der Waals surface area contributed by atoms with Crippen molar-refractivity contribution in [3.63, 3.8) is 0 Å². The molecular weight excluding hydrogens is 268 g/mol. The van der Waals surface area contributed by atoms with Gasteiger partial charge in [0.15, 0.2) is 11.5 Å². The Morgan fingerprint density at radius 1 is 1.37 bits per heavy atom. The molecule has 0 spiro atoms. The third kappa shape index (κ3) is 2.62. The highest BCUT2D eigenvalue weighted by Gasteiger charge is 2.36. The zero-order valence-corrected chi connectivity index (χ0v) is 11.5. The van der Waals surface area contributed by atoms with E-state index in [2.05, 4.69) is 10.6 Å². The molecule has 1 fully saturated rings. The minimum absolute atomic E-state index is 0. The molecule has 1 atom stereocenters. The SMILES string of the molecule is CC1(C(=O)Nc2ccc3c(c2)OCO3)CCNC1.Cl. The summed E-state index contributed by atoms with van der Waals surface area (Å²) >= 11 is 0. The normalized spacial score (nSPS) is 23.8. The molecule has 2 aliphatic rings. The first-order chi connectivity index (χ1) is 8.67. The molecule has 1 saturated heterocycles. The van der Waals surface area contributed by atoms with E-state index in [4.69, 9.17) is 9.47 Å². The molecule has 2 aliphatic heterocycles. The van der Waals surface area contributed by atoms with Gasteiger partial charge in [0.25, 0.3) is 0 Å². The minimum atomic E-state index is -0.323. The molecule has 5 nitrogen and oxygen atoms in total. The van der Waals surface area contributed by atoms with Gasteiger partial charge in [-0.1, -0.05) is 0 Å². The van der Waals surface area contributed by atoms with E-state index in [0.29, 0.717) is 5.75 Å². The molecule has 2 heterocycles. The summed E-state index contributed by atoms with van der Waals surface area (Å²) in [6.45, 7) is 3.85. The third-order valence-corrected chi connectivity index (χ3v) is 3.55. The lowest BCUT2D eigenvalue weighted by atomic mass is 9.89. The van der Waals surface area contributed by atoms with E-state index < -0.39 is 0 Å². The smallest absolute Gasteiger partial charge is 0.231 e. The highest BCUT2D eigenvalue weighted by Crippen LogP contribution is 2.35. The number of rotatable bonds is 2. The van der Waals surface area contributed by atoms with Crippen molar-refractivity contribution in [3.8, 4) is 11.5 Å². The van der Waals surface area contributed by atoms with E-state index in [9.17, 15) is 4.79 Å². The van der Waals surface area contributed by atoms with Gasteiger partial charge in [0.1, 0.15) is 0 Å². The molecule has 19 heavy (non-hydrogen) atoms. The monoisotopic (exact) mass is 284 g/mol. The number of hydrogen-bond donors (Lipinski definition) is 2. The first kappa shape index (κ1) is 14.0. The maximum absolute atomic E-state index is 12.2. The number of ether oxygens (including phenoxy) is 2. The molecule has 0 bridgehead atoms. The third-order valence-electron chi connectivity index (χ3n) is 3.55. The highest BCUT2D eigenvalue weighted by atomic mass is 35.5. The van der Waals surface area contributed by atoms with Crippen LogP contribution in [0.2, 0.25) is 0 Å². The van der Waals surface area contributed by atoms with Crippen LogP contribution in [0.3, 0.4) is 0 Å². The van der Waals surface area contributed by atoms with Gasteiger partial charge in [-0.3, -0.25) is 4.79 Å². The van der Waals surface area contributed by atoms with Gasteiger partial charge in [-0.25, -0.2) is 0 Å². The lowest BCUT2D eigenvalue weighted by Crippen LogP contribution is -2.35. The summed E-state index contributed by atoms with van der Waals surface area (Å²) in [5.74, 6) is 1.45. The summed E-state index contributed by atoms with van der Waals surface area (Å²) in [6.07, 6.45) is 0.864. The average molecular weight is 285 g/mol. The van der Waals surface area contributed by atoms with Crippen LogP contribution < -0.4 is 20.1 Å². The number of hydrogen-bond acceptors (Lipinski definition) is 4. The van der Waals surface area contributed by atoms with Gasteiger partial charge < -0.3 is 20.1 Å². The molecule has 1 aromatic carbocycles. The number of anilines is 1. The van der Waals surface area contributed by atoms with Gasteiger partial charge in [0.05, 0.1) is 5.41 Å². The Morgan fingerprint density at radius 2 is 2.16 bits per heavy atom. The molecule has 0 saturated carbocycles. The van der Waals surface area contributed by atoms with Crippen LogP contribution in [0.1, 0.15) is 13.3 Å². The number of fused-ring (bicyclic) bond motifs is 1. The first-order valence-electron chi connectivity index (χ1n) is 6.09. The zero-order valence-electron chi connectivity index (χ0n) is 10.7. The number of carbonyl (C=O) groups excluding carboxylic acids is 1. The molecule has 3 rings (SSSR count). The van der Waals surface area contributed by atoms with Crippen molar-refractivity contribution in [1.82, 2.24) is 5.32 Å². The summed E-state index contributed by atoms with van der Waals surface area (Å²) in [4.78, 5) is 12.2. The highest BCUT2D eigenvalue weighted by molar-refractivity contribution is 5.95. The molecular formula is C13H17ClN2O3. The van der Waals surface area contributed by atoms with Crippen LogP contribution >= 0.6 is 12.4 Å². The fourth-order valence-corrected chi connectivity index (χ4v) is 2.27. The number of nitrogens with one attached hydrogen (secondary N) is 2. The maximum atomic E-state index is 12.2. The van der Waals surface area contributed by atoms with E-state index in [1.54, 1.807) is 6.07 Å². The van der Waals surface area contributed by atoms with Gasteiger partial charge in [0.2, 0.25) is 12.7 Å². The van der Waals surface area contributed by atoms with Crippen LogP contribution in [0.15, 0.2) is 18.2 Å².